The van der Waals surface area contributed by atoms with Gasteiger partial charge in [0.2, 0.25) is 0 Å². The van der Waals surface area contributed by atoms with Gasteiger partial charge in [-0.1, -0.05) is 136 Å². The van der Waals surface area contributed by atoms with Crippen molar-refractivity contribution >= 4 is 48.3 Å². The standard InChI is InChI=1S/C26H28NSi2.C13H24O2.Ir/c1-28(2,3)26-18-21(17-20-11-9-10-14-24(20)26)25-19-23(15-16-27-25)29(4,5)22-12-7-6-8-13-22;1-5-10(6-2)12(14)9-13(15)11(7-3)8-4;/h6-16,18-19H,1-5H3;9-11,14H,5-8H2,1-4H3;/q-1;;/b;12-9-;. The van der Waals surface area contributed by atoms with Gasteiger partial charge in [0.25, 0.3) is 0 Å². The number of hydrogen-bond donors (Lipinski definition) is 1. The zero-order chi connectivity index (χ0) is 32.5. The van der Waals surface area contributed by atoms with Crippen molar-refractivity contribution in [1.29, 1.82) is 0 Å². The number of fused-ring (bicyclic) bond motifs is 1. The monoisotopic (exact) mass is 815 g/mol. The van der Waals surface area contributed by atoms with Crippen LogP contribution in [0.2, 0.25) is 32.7 Å². The first-order valence-electron chi connectivity index (χ1n) is 16.3. The minimum Gasteiger partial charge on any atom is -0.512 e. The smallest absolute Gasteiger partial charge is 0.162 e. The molecule has 0 aliphatic rings. The third-order valence-electron chi connectivity index (χ3n) is 8.92. The van der Waals surface area contributed by atoms with Crippen LogP contribution in [0.3, 0.4) is 0 Å². The van der Waals surface area contributed by atoms with Crippen LogP contribution in [0.5, 0.6) is 0 Å². The van der Waals surface area contributed by atoms with E-state index in [9.17, 15) is 9.90 Å². The molecule has 1 N–H and O–H groups in total. The topological polar surface area (TPSA) is 50.2 Å². The molecule has 0 bridgehead atoms. The summed E-state index contributed by atoms with van der Waals surface area (Å²) in [4.78, 5) is 16.5. The molecule has 4 aromatic rings. The van der Waals surface area contributed by atoms with Crippen molar-refractivity contribution in [1.82, 2.24) is 4.98 Å². The van der Waals surface area contributed by atoms with Gasteiger partial charge < -0.3 is 5.11 Å². The first kappa shape index (κ1) is 38.5. The zero-order valence-corrected chi connectivity index (χ0v) is 33.1. The fraction of sp³-hybridized carbons (Fsp3) is 0.385. The van der Waals surface area contributed by atoms with E-state index in [-0.39, 0.29) is 43.5 Å². The average Bonchev–Trinajstić information content (AvgIpc) is 3.02. The summed E-state index contributed by atoms with van der Waals surface area (Å²) in [7, 11) is -3.27. The van der Waals surface area contributed by atoms with E-state index in [1.54, 1.807) is 0 Å². The van der Waals surface area contributed by atoms with Gasteiger partial charge in [0.05, 0.1) is 13.8 Å². The molecule has 4 rings (SSSR count). The summed E-state index contributed by atoms with van der Waals surface area (Å²) in [5.41, 5.74) is 2.14. The van der Waals surface area contributed by atoms with E-state index >= 15 is 0 Å². The van der Waals surface area contributed by atoms with E-state index < -0.39 is 16.1 Å². The molecule has 1 radical (unpaired) electrons. The molecule has 0 atom stereocenters. The molecule has 0 saturated heterocycles. The number of carbonyl (C=O) groups excluding carboxylic acids is 1. The van der Waals surface area contributed by atoms with Crippen LogP contribution in [0.1, 0.15) is 53.4 Å². The number of carbonyl (C=O) groups is 1. The maximum Gasteiger partial charge on any atom is 0.162 e. The Morgan fingerprint density at radius 2 is 1.38 bits per heavy atom. The van der Waals surface area contributed by atoms with E-state index in [2.05, 4.69) is 112 Å². The van der Waals surface area contributed by atoms with Crippen LogP contribution in [0.25, 0.3) is 22.0 Å². The van der Waals surface area contributed by atoms with Crippen molar-refractivity contribution < 1.29 is 30.0 Å². The summed E-state index contributed by atoms with van der Waals surface area (Å²) in [5.74, 6) is 0.547. The van der Waals surface area contributed by atoms with Crippen molar-refractivity contribution in [2.24, 2.45) is 11.8 Å². The van der Waals surface area contributed by atoms with Crippen LogP contribution in [0.4, 0.5) is 0 Å². The number of aliphatic hydroxyl groups is 1. The molecule has 3 nitrogen and oxygen atoms in total. The number of allylic oxidation sites excluding steroid dienone is 2. The van der Waals surface area contributed by atoms with Crippen LogP contribution < -0.4 is 15.6 Å². The summed E-state index contributed by atoms with van der Waals surface area (Å²) >= 11 is 0. The van der Waals surface area contributed by atoms with Crippen molar-refractivity contribution in [2.45, 2.75) is 86.1 Å². The summed E-state index contributed by atoms with van der Waals surface area (Å²) in [6, 6.07) is 30.0. The van der Waals surface area contributed by atoms with Crippen molar-refractivity contribution in [3.8, 4) is 11.3 Å². The summed E-state index contributed by atoms with van der Waals surface area (Å²) in [6.45, 7) is 20.1. The van der Waals surface area contributed by atoms with Crippen LogP contribution in [0.15, 0.2) is 90.8 Å². The Morgan fingerprint density at radius 3 is 1.96 bits per heavy atom. The first-order valence-corrected chi connectivity index (χ1v) is 22.8. The Labute approximate surface area is 288 Å². The van der Waals surface area contributed by atoms with Gasteiger partial charge in [0, 0.05) is 49.9 Å². The molecule has 1 heterocycles. The van der Waals surface area contributed by atoms with E-state index in [1.807, 2.05) is 33.9 Å². The minimum atomic E-state index is -1.77. The van der Waals surface area contributed by atoms with Gasteiger partial charge in [-0.15, -0.1) is 28.8 Å². The fourth-order valence-electron chi connectivity index (χ4n) is 5.76. The average molecular weight is 815 g/mol. The Bertz CT molecular complexity index is 1550. The van der Waals surface area contributed by atoms with Gasteiger partial charge in [-0.25, -0.2) is 0 Å². The molecule has 0 aliphatic carbocycles. The zero-order valence-electron chi connectivity index (χ0n) is 28.7. The van der Waals surface area contributed by atoms with E-state index in [0.29, 0.717) is 0 Å². The van der Waals surface area contributed by atoms with Gasteiger partial charge >= 0.3 is 0 Å². The number of aliphatic hydroxyl groups excluding tert-OH is 1. The van der Waals surface area contributed by atoms with Gasteiger partial charge in [-0.2, -0.15) is 0 Å². The number of nitrogens with zero attached hydrogens (tertiary/aromatic N) is 1. The number of rotatable bonds is 11. The van der Waals surface area contributed by atoms with Gasteiger partial charge in [0.15, 0.2) is 5.78 Å². The molecular formula is C39H52IrNO2Si2-. The molecule has 1 aromatic heterocycles. The van der Waals surface area contributed by atoms with E-state index in [0.717, 1.165) is 36.9 Å². The molecule has 0 aliphatic heterocycles. The van der Waals surface area contributed by atoms with E-state index in [4.69, 9.17) is 4.98 Å². The molecule has 3 aromatic carbocycles. The third kappa shape index (κ3) is 9.92. The SMILES string of the molecule is CCC(CC)C(=O)/C=C(\O)C(CC)CC.C[Si](C)(C)c1cc(-c2cc([Si](C)(C)c3ccccc3)ccn2)[c-]c2ccccc12.[Ir]. The number of aromatic nitrogens is 1. The molecule has 0 spiro atoms. The number of ketones is 1. The number of hydrogen-bond acceptors (Lipinski definition) is 3. The maximum absolute atomic E-state index is 11.7. The van der Waals surface area contributed by atoms with Crippen LogP contribution in [-0.2, 0) is 24.9 Å². The largest absolute Gasteiger partial charge is 0.512 e. The number of benzene rings is 3. The Hall–Kier alpha value is -2.64. The van der Waals surface area contributed by atoms with Gasteiger partial charge in [-0.05, 0) is 31.7 Å². The van der Waals surface area contributed by atoms with E-state index in [1.165, 1.54) is 32.4 Å². The van der Waals surface area contributed by atoms with Crippen molar-refractivity contribution in [3.05, 3.63) is 96.9 Å². The normalized spacial score (nSPS) is 12.1. The summed E-state index contributed by atoms with van der Waals surface area (Å²) in [6.07, 6.45) is 6.88. The minimum absolute atomic E-state index is 0. The quantitative estimate of drug-likeness (QED) is 0.0713. The molecule has 0 amide bonds. The summed E-state index contributed by atoms with van der Waals surface area (Å²) in [5, 5.41) is 16.6. The van der Waals surface area contributed by atoms with Crippen molar-refractivity contribution in [3.63, 3.8) is 0 Å². The Kier molecular flexibility index (Phi) is 14.8. The maximum atomic E-state index is 11.7. The van der Waals surface area contributed by atoms with Gasteiger partial charge in [-0.3, -0.25) is 9.78 Å². The van der Waals surface area contributed by atoms with Crippen LogP contribution >= 0.6 is 0 Å². The first-order chi connectivity index (χ1) is 20.9. The third-order valence-corrected chi connectivity index (χ3v) is 14.5. The molecule has 243 valence electrons. The summed E-state index contributed by atoms with van der Waals surface area (Å²) < 4.78 is 0. The number of pyridine rings is 1. The van der Waals surface area contributed by atoms with Crippen molar-refractivity contribution in [2.75, 3.05) is 0 Å². The van der Waals surface area contributed by atoms with Gasteiger partial charge in [0.1, 0.15) is 8.07 Å². The molecule has 45 heavy (non-hydrogen) atoms. The second kappa shape index (κ2) is 17.3. The molecular weight excluding hydrogens is 763 g/mol. The second-order valence-corrected chi connectivity index (χ2v) is 22.8. The van der Waals surface area contributed by atoms with Crippen LogP contribution in [0, 0.1) is 17.9 Å². The Balaban J connectivity index is 0.000000378. The molecule has 0 unspecified atom stereocenters. The van der Waals surface area contributed by atoms with Crippen LogP contribution in [-0.4, -0.2) is 32.0 Å². The molecule has 6 heteroatoms. The fourth-order valence-corrected chi connectivity index (χ4v) is 9.71. The second-order valence-electron chi connectivity index (χ2n) is 13.3. The Morgan fingerprint density at radius 1 is 0.800 bits per heavy atom. The molecule has 0 saturated carbocycles. The predicted octanol–water partition coefficient (Wildman–Crippen LogP) is 8.94. The predicted molar refractivity (Wildman–Crippen MR) is 196 cm³/mol. The molecule has 0 fully saturated rings.